The molecule has 0 spiro atoms. The van der Waals surface area contributed by atoms with Crippen molar-refractivity contribution in [3.05, 3.63) is 104 Å². The van der Waals surface area contributed by atoms with Crippen LogP contribution >= 0.6 is 11.6 Å². The molecule has 1 atom stereocenters. The smallest absolute Gasteiger partial charge is 0.290 e. The molecule has 1 fully saturated rings. The summed E-state index contributed by atoms with van der Waals surface area (Å²) in [5, 5.41) is 9.38. The zero-order valence-electron chi connectivity index (χ0n) is 23.1. The molecule has 0 N–H and O–H groups in total. The van der Waals surface area contributed by atoms with Gasteiger partial charge in [0.05, 0.1) is 29.6 Å². The number of rotatable bonds is 5. The van der Waals surface area contributed by atoms with E-state index in [2.05, 4.69) is 11.2 Å². The first kappa shape index (κ1) is 26.6. The van der Waals surface area contributed by atoms with Crippen LogP contribution in [-0.2, 0) is 24.2 Å². The number of carbonyl (C=O) groups excluding carboxylic acids is 2. The van der Waals surface area contributed by atoms with E-state index >= 15 is 0 Å². The molecule has 2 aromatic heterocycles. The van der Waals surface area contributed by atoms with Crippen molar-refractivity contribution in [1.29, 1.82) is 0 Å². The number of nitrogens with zero attached hydrogens (tertiary/aromatic N) is 6. The number of imide groups is 1. The molecule has 0 radical (unpaired) electrons. The van der Waals surface area contributed by atoms with Crippen LogP contribution < -0.4 is 15.4 Å². The van der Waals surface area contributed by atoms with E-state index in [9.17, 15) is 14.4 Å². The van der Waals surface area contributed by atoms with Gasteiger partial charge in [0.1, 0.15) is 5.02 Å². The molecule has 4 aromatic rings. The molecule has 1 unspecified atom stereocenters. The Kier molecular flexibility index (Phi) is 6.67. The third-order valence-electron chi connectivity index (χ3n) is 8.39. The number of halogens is 1. The minimum Gasteiger partial charge on any atom is -0.364 e. The molecule has 42 heavy (non-hydrogen) atoms. The first-order valence-corrected chi connectivity index (χ1v) is 14.5. The van der Waals surface area contributed by atoms with Gasteiger partial charge < -0.3 is 9.64 Å². The van der Waals surface area contributed by atoms with Crippen molar-refractivity contribution < 1.29 is 14.3 Å². The van der Waals surface area contributed by atoms with Crippen molar-refractivity contribution in [3.8, 4) is 0 Å². The van der Waals surface area contributed by atoms with E-state index in [0.29, 0.717) is 61.7 Å². The summed E-state index contributed by atoms with van der Waals surface area (Å²) in [6.07, 6.45) is 4.37. The van der Waals surface area contributed by atoms with E-state index in [4.69, 9.17) is 21.4 Å². The summed E-state index contributed by atoms with van der Waals surface area (Å²) >= 11 is 6.67. The van der Waals surface area contributed by atoms with Gasteiger partial charge in [-0.2, -0.15) is 14.9 Å². The van der Waals surface area contributed by atoms with Gasteiger partial charge in [0.15, 0.2) is 12.0 Å². The molecule has 214 valence electrons. The first-order valence-electron chi connectivity index (χ1n) is 14.2. The van der Waals surface area contributed by atoms with E-state index in [1.807, 2.05) is 34.7 Å². The molecule has 0 bridgehead atoms. The molecular weight excluding hydrogens is 556 g/mol. The van der Waals surface area contributed by atoms with Gasteiger partial charge in [-0.1, -0.05) is 48.0 Å². The highest BCUT2D eigenvalue weighted by Crippen LogP contribution is 2.37. The molecule has 2 aromatic carbocycles. The topological polar surface area (TPSA) is 103 Å². The Balaban J connectivity index is 1.28. The number of hydrogen-bond donors (Lipinski definition) is 0. The Hall–Kier alpha value is -4.28. The minimum atomic E-state index is -0.425. The summed E-state index contributed by atoms with van der Waals surface area (Å²) in [6.45, 7) is 3.99. The lowest BCUT2D eigenvalue weighted by Crippen LogP contribution is -2.37. The molecule has 10 nitrogen and oxygen atoms in total. The average Bonchev–Trinajstić information content (AvgIpc) is 3.49. The lowest BCUT2D eigenvalue weighted by atomic mass is 10.1. The molecule has 3 aliphatic heterocycles. The Labute approximate surface area is 247 Å². The predicted molar refractivity (Wildman–Crippen MR) is 157 cm³/mol. The highest BCUT2D eigenvalue weighted by Gasteiger charge is 2.41. The Bertz CT molecular complexity index is 1760. The standard InChI is InChI=1S/C31H29ClN6O4/c1-19-8-2-3-9-20(19)17-36-24-13-14-35(25-16-33-38(31(41)27(25)32)26-12-6-7-15-42-26)18-23(24)28(34-36)37-29(39)21-10-4-5-11-22(21)30(37)40/h2-5,8-11,16,26H,6-7,12-15,17-18H2,1H3. The number of carbonyl (C=O) groups is 2. The van der Waals surface area contributed by atoms with E-state index in [1.54, 1.807) is 30.5 Å². The number of aromatic nitrogens is 4. The quantitative estimate of drug-likeness (QED) is 0.318. The summed E-state index contributed by atoms with van der Waals surface area (Å²) < 4.78 is 8.98. The predicted octanol–water partition coefficient (Wildman–Crippen LogP) is 4.51. The largest absolute Gasteiger partial charge is 0.364 e. The SMILES string of the molecule is Cc1ccccc1Cn1nc(N2C(=O)c3ccccc3C2=O)c2c1CCN(c1cnn(C3CCCCO3)c(=O)c1Cl)C2. The minimum absolute atomic E-state index is 0.0669. The fourth-order valence-corrected chi connectivity index (χ4v) is 6.35. The molecule has 11 heteroatoms. The zero-order chi connectivity index (χ0) is 29.0. The lowest BCUT2D eigenvalue weighted by molar-refractivity contribution is -0.0424. The molecule has 5 heterocycles. The number of fused-ring (bicyclic) bond motifs is 2. The number of anilines is 2. The van der Waals surface area contributed by atoms with Crippen molar-refractivity contribution in [2.45, 2.75) is 51.9 Å². The summed E-state index contributed by atoms with van der Waals surface area (Å²) in [4.78, 5) is 43.4. The first-order chi connectivity index (χ1) is 20.4. The van der Waals surface area contributed by atoms with Crippen LogP contribution in [0.2, 0.25) is 5.02 Å². The van der Waals surface area contributed by atoms with Crippen LogP contribution in [0, 0.1) is 6.92 Å². The summed E-state index contributed by atoms with van der Waals surface area (Å²) in [5.74, 6) is -0.487. The number of ether oxygens (including phenoxy) is 1. The van der Waals surface area contributed by atoms with E-state index in [1.165, 1.54) is 9.58 Å². The van der Waals surface area contributed by atoms with Gasteiger partial charge in [0.25, 0.3) is 17.4 Å². The van der Waals surface area contributed by atoms with Crippen molar-refractivity contribution in [3.63, 3.8) is 0 Å². The number of hydrogen-bond acceptors (Lipinski definition) is 7. The van der Waals surface area contributed by atoms with E-state index in [0.717, 1.165) is 35.2 Å². The zero-order valence-corrected chi connectivity index (χ0v) is 23.9. The Morgan fingerprint density at radius 2 is 1.74 bits per heavy atom. The van der Waals surface area contributed by atoms with Gasteiger partial charge >= 0.3 is 0 Å². The van der Waals surface area contributed by atoms with Gasteiger partial charge in [-0.15, -0.1) is 0 Å². The molecule has 7 rings (SSSR count). The fourth-order valence-electron chi connectivity index (χ4n) is 6.10. The van der Waals surface area contributed by atoms with Crippen LogP contribution in [0.1, 0.15) is 68.6 Å². The van der Waals surface area contributed by atoms with Gasteiger partial charge in [-0.3, -0.25) is 19.1 Å². The molecular formula is C31H29ClN6O4. The third kappa shape index (κ3) is 4.33. The van der Waals surface area contributed by atoms with Gasteiger partial charge in [0, 0.05) is 37.4 Å². The second-order valence-electron chi connectivity index (χ2n) is 10.9. The Morgan fingerprint density at radius 3 is 2.45 bits per heavy atom. The third-order valence-corrected chi connectivity index (χ3v) is 8.75. The van der Waals surface area contributed by atoms with Crippen LogP contribution in [0.5, 0.6) is 0 Å². The van der Waals surface area contributed by atoms with Crippen LogP contribution in [0.15, 0.2) is 59.5 Å². The van der Waals surface area contributed by atoms with Gasteiger partial charge in [-0.25, -0.2) is 4.90 Å². The highest BCUT2D eigenvalue weighted by molar-refractivity contribution is 6.34. The van der Waals surface area contributed by atoms with Gasteiger partial charge in [-0.05, 0) is 49.4 Å². The summed E-state index contributed by atoms with van der Waals surface area (Å²) in [7, 11) is 0. The normalized spacial score (nSPS) is 18.4. The number of benzene rings is 2. The number of aryl methyl sites for hydroxylation is 1. The van der Waals surface area contributed by atoms with Crippen molar-refractivity contribution in [1.82, 2.24) is 19.6 Å². The fraction of sp³-hybridized carbons (Fsp3) is 0.323. The van der Waals surface area contributed by atoms with Crippen molar-refractivity contribution in [2.75, 3.05) is 23.0 Å². The second kappa shape index (κ2) is 10.5. The van der Waals surface area contributed by atoms with Crippen LogP contribution in [0.3, 0.4) is 0 Å². The maximum absolute atomic E-state index is 13.5. The number of amides is 2. The Morgan fingerprint density at radius 1 is 1.00 bits per heavy atom. The van der Waals surface area contributed by atoms with E-state index < -0.39 is 23.6 Å². The molecule has 0 saturated carbocycles. The lowest BCUT2D eigenvalue weighted by Gasteiger charge is -2.31. The van der Waals surface area contributed by atoms with E-state index in [-0.39, 0.29) is 5.02 Å². The molecule has 0 aliphatic carbocycles. The van der Waals surface area contributed by atoms with Crippen LogP contribution in [0.4, 0.5) is 11.5 Å². The molecule has 3 aliphatic rings. The monoisotopic (exact) mass is 584 g/mol. The van der Waals surface area contributed by atoms with Crippen LogP contribution in [0.25, 0.3) is 0 Å². The maximum atomic E-state index is 13.5. The van der Waals surface area contributed by atoms with Crippen LogP contribution in [-0.4, -0.2) is 44.5 Å². The average molecular weight is 585 g/mol. The maximum Gasteiger partial charge on any atom is 0.290 e. The summed E-state index contributed by atoms with van der Waals surface area (Å²) in [5.41, 5.74) is 4.73. The molecule has 1 saturated heterocycles. The van der Waals surface area contributed by atoms with Gasteiger partial charge in [0.2, 0.25) is 0 Å². The highest BCUT2D eigenvalue weighted by atomic mass is 35.5. The van der Waals surface area contributed by atoms with Crippen molar-refractivity contribution in [2.24, 2.45) is 0 Å². The van der Waals surface area contributed by atoms with Crippen molar-refractivity contribution >= 4 is 34.9 Å². The molecule has 2 amide bonds. The second-order valence-corrected chi connectivity index (χ2v) is 11.3. The summed E-state index contributed by atoms with van der Waals surface area (Å²) in [6, 6.07) is 14.9.